The number of hydrogen-bond acceptors (Lipinski definition) is 2. The summed E-state index contributed by atoms with van der Waals surface area (Å²) in [5, 5.41) is 4.56. The van der Waals surface area contributed by atoms with Crippen molar-refractivity contribution >= 4 is 5.78 Å². The largest absolute Gasteiger partial charge is 0.294 e. The van der Waals surface area contributed by atoms with Gasteiger partial charge in [-0.05, 0) is 12.5 Å². The summed E-state index contributed by atoms with van der Waals surface area (Å²) < 4.78 is 1.81. The normalized spacial score (nSPS) is 11.6. The molecule has 0 aliphatic heterocycles. The van der Waals surface area contributed by atoms with Gasteiger partial charge in [0.2, 0.25) is 0 Å². The summed E-state index contributed by atoms with van der Waals surface area (Å²) >= 11 is 0. The highest BCUT2D eigenvalue weighted by Crippen LogP contribution is 2.33. The molecule has 0 amide bonds. The number of nitrogens with zero attached hydrogens (tertiary/aromatic N) is 2. The molecule has 1 aromatic heterocycles. The third kappa shape index (κ3) is 2.60. The molecule has 0 radical (unpaired) electrons. The van der Waals surface area contributed by atoms with Crippen LogP contribution in [0.4, 0.5) is 0 Å². The molecule has 0 fully saturated rings. The van der Waals surface area contributed by atoms with E-state index < -0.39 is 0 Å². The molecule has 3 nitrogen and oxygen atoms in total. The fourth-order valence-corrected chi connectivity index (χ4v) is 2.26. The van der Waals surface area contributed by atoms with Crippen LogP contribution in [-0.2, 0) is 12.5 Å². The Kier molecular flexibility index (Phi) is 3.31. The second-order valence-corrected chi connectivity index (χ2v) is 5.92. The Morgan fingerprint density at radius 3 is 2.37 bits per heavy atom. The lowest BCUT2D eigenvalue weighted by molar-refractivity contribution is 0.101. The molecule has 0 aliphatic rings. The summed E-state index contributed by atoms with van der Waals surface area (Å²) in [5.41, 5.74) is 3.72. The van der Waals surface area contributed by atoms with E-state index in [1.807, 2.05) is 42.2 Å². The predicted octanol–water partition coefficient (Wildman–Crippen LogP) is 3.59. The van der Waals surface area contributed by atoms with Crippen LogP contribution in [0.15, 0.2) is 30.5 Å². The summed E-state index contributed by atoms with van der Waals surface area (Å²) in [7, 11) is 1.91. The number of carbonyl (C=O) groups excluding carboxylic acids is 1. The number of ketones is 1. The SMILES string of the molecule is CC(=O)c1ccccc1-c1cn(C)nc1C(C)(C)C. The van der Waals surface area contributed by atoms with Gasteiger partial charge in [-0.3, -0.25) is 9.48 Å². The van der Waals surface area contributed by atoms with Crippen molar-refractivity contribution < 1.29 is 4.79 Å². The lowest BCUT2D eigenvalue weighted by Crippen LogP contribution is -2.14. The molecule has 0 bridgehead atoms. The summed E-state index contributed by atoms with van der Waals surface area (Å²) in [6.07, 6.45) is 1.99. The molecular weight excluding hydrogens is 236 g/mol. The molecule has 19 heavy (non-hydrogen) atoms. The molecule has 0 spiro atoms. The van der Waals surface area contributed by atoms with Crippen molar-refractivity contribution in [2.75, 3.05) is 0 Å². The average molecular weight is 256 g/mol. The fraction of sp³-hybridized carbons (Fsp3) is 0.375. The summed E-state index contributed by atoms with van der Waals surface area (Å²) in [5.74, 6) is 0.0827. The van der Waals surface area contributed by atoms with Gasteiger partial charge < -0.3 is 0 Å². The third-order valence-corrected chi connectivity index (χ3v) is 3.14. The van der Waals surface area contributed by atoms with Crippen LogP contribution >= 0.6 is 0 Å². The van der Waals surface area contributed by atoms with Crippen molar-refractivity contribution in [3.63, 3.8) is 0 Å². The number of aryl methyl sites for hydroxylation is 1. The molecule has 3 heteroatoms. The molecule has 100 valence electrons. The second-order valence-electron chi connectivity index (χ2n) is 5.92. The van der Waals surface area contributed by atoms with E-state index in [9.17, 15) is 4.79 Å². The van der Waals surface area contributed by atoms with E-state index in [4.69, 9.17) is 0 Å². The first-order valence-electron chi connectivity index (χ1n) is 6.45. The zero-order valence-corrected chi connectivity index (χ0v) is 12.2. The minimum Gasteiger partial charge on any atom is -0.294 e. The van der Waals surface area contributed by atoms with E-state index in [1.54, 1.807) is 6.92 Å². The summed E-state index contributed by atoms with van der Waals surface area (Å²) in [6.45, 7) is 8.01. The first-order valence-corrected chi connectivity index (χ1v) is 6.45. The molecule has 0 saturated carbocycles. The Labute approximate surface area is 114 Å². The van der Waals surface area contributed by atoms with E-state index in [0.29, 0.717) is 0 Å². The van der Waals surface area contributed by atoms with Gasteiger partial charge in [0.1, 0.15) is 0 Å². The topological polar surface area (TPSA) is 34.9 Å². The maximum Gasteiger partial charge on any atom is 0.160 e. The molecule has 1 heterocycles. The Bertz CT molecular complexity index is 618. The molecule has 2 rings (SSSR count). The van der Waals surface area contributed by atoms with E-state index >= 15 is 0 Å². The maximum absolute atomic E-state index is 11.8. The minimum atomic E-state index is -0.0551. The molecule has 0 N–H and O–H groups in total. The van der Waals surface area contributed by atoms with Crippen LogP contribution in [0.25, 0.3) is 11.1 Å². The van der Waals surface area contributed by atoms with Crippen molar-refractivity contribution in [1.29, 1.82) is 0 Å². The average Bonchev–Trinajstić information content (AvgIpc) is 2.71. The summed E-state index contributed by atoms with van der Waals surface area (Å²) in [6, 6.07) is 7.72. The first-order chi connectivity index (χ1) is 8.80. The molecule has 0 aliphatic carbocycles. The van der Waals surface area contributed by atoms with Crippen LogP contribution in [0.2, 0.25) is 0 Å². The van der Waals surface area contributed by atoms with Crippen molar-refractivity contribution in [2.45, 2.75) is 33.1 Å². The highest BCUT2D eigenvalue weighted by atomic mass is 16.1. The van der Waals surface area contributed by atoms with Gasteiger partial charge in [0.15, 0.2) is 5.78 Å². The van der Waals surface area contributed by atoms with E-state index in [0.717, 1.165) is 22.4 Å². The van der Waals surface area contributed by atoms with Gasteiger partial charge in [-0.2, -0.15) is 5.10 Å². The van der Waals surface area contributed by atoms with Gasteiger partial charge in [0.05, 0.1) is 5.69 Å². The van der Waals surface area contributed by atoms with Crippen LogP contribution in [0, 0.1) is 0 Å². The van der Waals surface area contributed by atoms with Crippen molar-refractivity contribution in [1.82, 2.24) is 9.78 Å². The quantitative estimate of drug-likeness (QED) is 0.770. The highest BCUT2D eigenvalue weighted by Gasteiger charge is 2.24. The number of Topliss-reactive ketones (excluding diaryl/α,β-unsaturated/α-hetero) is 1. The van der Waals surface area contributed by atoms with E-state index in [1.165, 1.54) is 0 Å². The number of carbonyl (C=O) groups is 1. The number of benzene rings is 1. The minimum absolute atomic E-state index is 0.0551. The monoisotopic (exact) mass is 256 g/mol. The zero-order chi connectivity index (χ0) is 14.2. The molecule has 2 aromatic rings. The second kappa shape index (κ2) is 4.65. The fourth-order valence-electron chi connectivity index (χ4n) is 2.26. The van der Waals surface area contributed by atoms with Crippen LogP contribution in [-0.4, -0.2) is 15.6 Å². The predicted molar refractivity (Wildman–Crippen MR) is 77.3 cm³/mol. The smallest absolute Gasteiger partial charge is 0.160 e. The van der Waals surface area contributed by atoms with Crippen molar-refractivity contribution in [3.8, 4) is 11.1 Å². The Balaban J connectivity index is 2.70. The maximum atomic E-state index is 11.8. The van der Waals surface area contributed by atoms with Crippen LogP contribution in [0.1, 0.15) is 43.7 Å². The van der Waals surface area contributed by atoms with Gasteiger partial charge in [-0.15, -0.1) is 0 Å². The number of hydrogen-bond donors (Lipinski definition) is 0. The molecule has 1 aromatic carbocycles. The van der Waals surface area contributed by atoms with Gasteiger partial charge in [-0.25, -0.2) is 0 Å². The Morgan fingerprint density at radius 2 is 1.79 bits per heavy atom. The summed E-state index contributed by atoms with van der Waals surface area (Å²) in [4.78, 5) is 11.8. The zero-order valence-electron chi connectivity index (χ0n) is 12.2. The van der Waals surface area contributed by atoms with E-state index in [2.05, 4.69) is 25.9 Å². The van der Waals surface area contributed by atoms with Crippen LogP contribution < -0.4 is 0 Å². The Hall–Kier alpha value is -1.90. The Morgan fingerprint density at radius 1 is 1.16 bits per heavy atom. The standard InChI is InChI=1S/C16H20N2O/c1-11(19)12-8-6-7-9-13(12)14-10-18(5)17-15(14)16(2,3)4/h6-10H,1-5H3. The number of aromatic nitrogens is 2. The molecule has 0 unspecified atom stereocenters. The van der Waals surface area contributed by atoms with Gasteiger partial charge in [0, 0.05) is 29.8 Å². The van der Waals surface area contributed by atoms with Crippen LogP contribution in [0.5, 0.6) is 0 Å². The van der Waals surface area contributed by atoms with Gasteiger partial charge in [-0.1, -0.05) is 45.0 Å². The van der Waals surface area contributed by atoms with Crippen molar-refractivity contribution in [3.05, 3.63) is 41.7 Å². The number of rotatable bonds is 2. The van der Waals surface area contributed by atoms with E-state index in [-0.39, 0.29) is 11.2 Å². The third-order valence-electron chi connectivity index (χ3n) is 3.14. The molecule has 0 saturated heterocycles. The first kappa shape index (κ1) is 13.5. The van der Waals surface area contributed by atoms with Crippen molar-refractivity contribution in [2.24, 2.45) is 7.05 Å². The molecular formula is C16H20N2O. The lowest BCUT2D eigenvalue weighted by atomic mass is 9.86. The van der Waals surface area contributed by atoms with Crippen LogP contribution in [0.3, 0.4) is 0 Å². The lowest BCUT2D eigenvalue weighted by Gasteiger charge is -2.18. The molecule has 0 atom stereocenters. The van der Waals surface area contributed by atoms with Gasteiger partial charge in [0.25, 0.3) is 0 Å². The van der Waals surface area contributed by atoms with Gasteiger partial charge >= 0.3 is 0 Å². The highest BCUT2D eigenvalue weighted by molar-refractivity contribution is 6.01.